The maximum absolute atomic E-state index is 8.71. The summed E-state index contributed by atoms with van der Waals surface area (Å²) in [6.45, 7) is 2.32. The summed E-state index contributed by atoms with van der Waals surface area (Å²) in [6, 6.07) is 11.4. The van der Waals surface area contributed by atoms with Crippen LogP contribution in [-0.4, -0.2) is 16.0 Å². The molecule has 0 atom stereocenters. The average Bonchev–Trinajstić information content (AvgIpc) is 2.46. The molecule has 98 valence electrons. The molecule has 0 aliphatic carbocycles. The van der Waals surface area contributed by atoms with Gasteiger partial charge in [0, 0.05) is 11.8 Å². The molecular formula is C14H15N3O2. The van der Waals surface area contributed by atoms with Crippen LogP contribution in [0.3, 0.4) is 0 Å². The highest BCUT2D eigenvalue weighted by molar-refractivity contribution is 5.96. The normalized spacial score (nSPS) is 11.3. The van der Waals surface area contributed by atoms with Crippen molar-refractivity contribution < 1.29 is 9.94 Å². The number of ether oxygens (including phenoxy) is 1. The Morgan fingerprint density at radius 1 is 1.32 bits per heavy atom. The third-order valence-electron chi connectivity index (χ3n) is 2.66. The van der Waals surface area contributed by atoms with E-state index in [1.807, 2.05) is 37.3 Å². The first kappa shape index (κ1) is 12.9. The van der Waals surface area contributed by atoms with Gasteiger partial charge < -0.3 is 15.7 Å². The molecule has 0 bridgehead atoms. The van der Waals surface area contributed by atoms with Crippen molar-refractivity contribution in [3.63, 3.8) is 0 Å². The summed E-state index contributed by atoms with van der Waals surface area (Å²) < 4.78 is 5.65. The third-order valence-corrected chi connectivity index (χ3v) is 2.66. The minimum absolute atomic E-state index is 0.0249. The van der Waals surface area contributed by atoms with Gasteiger partial charge in [0.1, 0.15) is 18.1 Å². The van der Waals surface area contributed by atoms with Crippen molar-refractivity contribution in [2.24, 2.45) is 10.9 Å². The second-order valence-corrected chi connectivity index (χ2v) is 4.10. The topological polar surface area (TPSA) is 80.7 Å². The molecule has 0 radical (unpaired) electrons. The molecule has 0 unspecified atom stereocenters. The lowest BCUT2D eigenvalue weighted by Gasteiger charge is -2.09. The summed E-state index contributed by atoms with van der Waals surface area (Å²) in [7, 11) is 0. The van der Waals surface area contributed by atoms with Crippen LogP contribution in [0.25, 0.3) is 0 Å². The average molecular weight is 257 g/mol. The number of hydrogen-bond donors (Lipinski definition) is 2. The van der Waals surface area contributed by atoms with Crippen LogP contribution < -0.4 is 10.5 Å². The molecule has 0 fully saturated rings. The Balaban J connectivity index is 2.13. The van der Waals surface area contributed by atoms with Gasteiger partial charge in [-0.15, -0.1) is 0 Å². The van der Waals surface area contributed by atoms with Gasteiger partial charge in [0.2, 0.25) is 0 Å². The van der Waals surface area contributed by atoms with Crippen LogP contribution in [0.4, 0.5) is 0 Å². The van der Waals surface area contributed by atoms with Gasteiger partial charge >= 0.3 is 0 Å². The molecule has 3 N–H and O–H groups in total. The zero-order valence-electron chi connectivity index (χ0n) is 10.6. The number of rotatable bonds is 4. The molecule has 2 aromatic rings. The second kappa shape index (κ2) is 5.86. The van der Waals surface area contributed by atoms with Gasteiger partial charge in [0.15, 0.2) is 5.84 Å². The number of nitrogens with zero attached hydrogens (tertiary/aromatic N) is 2. The van der Waals surface area contributed by atoms with Crippen LogP contribution in [0, 0.1) is 6.92 Å². The molecule has 5 nitrogen and oxygen atoms in total. The lowest BCUT2D eigenvalue weighted by atomic mass is 10.2. The van der Waals surface area contributed by atoms with Crippen LogP contribution in [0.5, 0.6) is 5.75 Å². The molecule has 2 rings (SSSR count). The lowest BCUT2D eigenvalue weighted by Crippen LogP contribution is -2.18. The van der Waals surface area contributed by atoms with Gasteiger partial charge in [0.25, 0.3) is 0 Å². The van der Waals surface area contributed by atoms with Crippen LogP contribution in [-0.2, 0) is 6.61 Å². The molecule has 0 amide bonds. The number of aromatic nitrogens is 1. The third kappa shape index (κ3) is 3.22. The van der Waals surface area contributed by atoms with Crippen molar-refractivity contribution >= 4 is 5.84 Å². The zero-order chi connectivity index (χ0) is 13.7. The number of hydrogen-bond acceptors (Lipinski definition) is 4. The van der Waals surface area contributed by atoms with Crippen LogP contribution in [0.15, 0.2) is 47.8 Å². The first-order valence-corrected chi connectivity index (χ1v) is 5.82. The summed E-state index contributed by atoms with van der Waals surface area (Å²) in [5.74, 6) is 0.739. The summed E-state index contributed by atoms with van der Waals surface area (Å²) in [5, 5.41) is 11.7. The maximum atomic E-state index is 8.71. The minimum atomic E-state index is -0.0249. The van der Waals surface area contributed by atoms with Gasteiger partial charge in [-0.2, -0.15) is 0 Å². The quantitative estimate of drug-likeness (QED) is 0.380. The Kier molecular flexibility index (Phi) is 3.97. The van der Waals surface area contributed by atoms with Gasteiger partial charge in [-0.3, -0.25) is 4.98 Å². The Labute approximate surface area is 111 Å². The van der Waals surface area contributed by atoms with E-state index in [1.165, 1.54) is 5.56 Å². The summed E-state index contributed by atoms with van der Waals surface area (Å²) in [5.41, 5.74) is 7.93. The van der Waals surface area contributed by atoms with Gasteiger partial charge in [-0.1, -0.05) is 28.9 Å². The first-order chi connectivity index (χ1) is 9.20. The molecule has 1 aromatic carbocycles. The predicted molar refractivity (Wildman–Crippen MR) is 72.3 cm³/mol. The van der Waals surface area contributed by atoms with Crippen molar-refractivity contribution in [1.82, 2.24) is 4.98 Å². The standard InChI is InChI=1S/C14H15N3O2/c1-10-4-6-12(7-5-10)19-9-11-3-2-8-16-13(11)14(15)17-18/h2-8,18H,9H2,1H3,(H2,15,17). The van der Waals surface area contributed by atoms with E-state index in [1.54, 1.807) is 12.3 Å². The second-order valence-electron chi connectivity index (χ2n) is 4.10. The van der Waals surface area contributed by atoms with Gasteiger partial charge in [0.05, 0.1) is 0 Å². The summed E-state index contributed by atoms with van der Waals surface area (Å²) in [4.78, 5) is 4.08. The van der Waals surface area contributed by atoms with Crippen molar-refractivity contribution in [2.45, 2.75) is 13.5 Å². The van der Waals surface area contributed by atoms with E-state index in [2.05, 4.69) is 10.1 Å². The Morgan fingerprint density at radius 3 is 2.74 bits per heavy atom. The Morgan fingerprint density at radius 2 is 2.05 bits per heavy atom. The molecule has 0 saturated carbocycles. The minimum Gasteiger partial charge on any atom is -0.489 e. The number of pyridine rings is 1. The maximum Gasteiger partial charge on any atom is 0.189 e. The van der Waals surface area contributed by atoms with E-state index >= 15 is 0 Å². The van der Waals surface area contributed by atoms with E-state index in [-0.39, 0.29) is 5.84 Å². The number of benzene rings is 1. The lowest BCUT2D eigenvalue weighted by molar-refractivity contribution is 0.304. The van der Waals surface area contributed by atoms with Crippen molar-refractivity contribution in [3.8, 4) is 5.75 Å². The fourth-order valence-corrected chi connectivity index (χ4v) is 1.63. The largest absolute Gasteiger partial charge is 0.489 e. The van der Waals surface area contributed by atoms with Crippen LogP contribution in [0.1, 0.15) is 16.8 Å². The molecule has 0 spiro atoms. The molecule has 19 heavy (non-hydrogen) atoms. The van der Waals surface area contributed by atoms with Crippen LogP contribution in [0.2, 0.25) is 0 Å². The Hall–Kier alpha value is -2.56. The molecular weight excluding hydrogens is 242 g/mol. The molecule has 0 saturated heterocycles. The van der Waals surface area contributed by atoms with E-state index in [4.69, 9.17) is 15.7 Å². The molecule has 0 aliphatic heterocycles. The molecule has 0 aliphatic rings. The SMILES string of the molecule is Cc1ccc(OCc2cccnc2C(N)=NO)cc1. The number of amidine groups is 1. The highest BCUT2D eigenvalue weighted by Gasteiger charge is 2.08. The van der Waals surface area contributed by atoms with Gasteiger partial charge in [-0.05, 0) is 25.1 Å². The smallest absolute Gasteiger partial charge is 0.189 e. The van der Waals surface area contributed by atoms with E-state index in [9.17, 15) is 0 Å². The number of aryl methyl sites for hydroxylation is 1. The predicted octanol–water partition coefficient (Wildman–Crippen LogP) is 2.06. The monoisotopic (exact) mass is 257 g/mol. The number of nitrogens with two attached hydrogens (primary N) is 1. The Bertz CT molecular complexity index is 579. The summed E-state index contributed by atoms with van der Waals surface area (Å²) in [6.07, 6.45) is 1.59. The molecule has 1 aromatic heterocycles. The van der Waals surface area contributed by atoms with E-state index in [0.717, 1.165) is 11.3 Å². The van der Waals surface area contributed by atoms with E-state index in [0.29, 0.717) is 12.3 Å². The first-order valence-electron chi connectivity index (χ1n) is 5.82. The van der Waals surface area contributed by atoms with Gasteiger partial charge in [-0.25, -0.2) is 0 Å². The fourth-order valence-electron chi connectivity index (χ4n) is 1.63. The van der Waals surface area contributed by atoms with Crippen LogP contribution >= 0.6 is 0 Å². The summed E-state index contributed by atoms with van der Waals surface area (Å²) >= 11 is 0. The molecule has 1 heterocycles. The van der Waals surface area contributed by atoms with Crippen molar-refractivity contribution in [1.29, 1.82) is 0 Å². The van der Waals surface area contributed by atoms with E-state index < -0.39 is 0 Å². The highest BCUT2D eigenvalue weighted by atomic mass is 16.5. The fraction of sp³-hybridized carbons (Fsp3) is 0.143. The zero-order valence-corrected chi connectivity index (χ0v) is 10.6. The highest BCUT2D eigenvalue weighted by Crippen LogP contribution is 2.14. The van der Waals surface area contributed by atoms with Crippen molar-refractivity contribution in [3.05, 3.63) is 59.4 Å². The molecule has 5 heteroatoms. The van der Waals surface area contributed by atoms with Crippen molar-refractivity contribution in [2.75, 3.05) is 0 Å². The number of oxime groups is 1.